The number of aromatic nitrogens is 2. The molecule has 0 spiro atoms. The van der Waals surface area contributed by atoms with Crippen LogP contribution in [0.1, 0.15) is 37.8 Å². The number of aryl methyl sites for hydroxylation is 1. The summed E-state index contributed by atoms with van der Waals surface area (Å²) >= 11 is 3.41. The highest BCUT2D eigenvalue weighted by Gasteiger charge is 2.24. The van der Waals surface area contributed by atoms with Crippen LogP contribution < -0.4 is 5.32 Å². The molecule has 3 aromatic rings. The van der Waals surface area contributed by atoms with Gasteiger partial charge >= 0.3 is 0 Å². The van der Waals surface area contributed by atoms with Crippen molar-refractivity contribution in [1.29, 1.82) is 0 Å². The summed E-state index contributed by atoms with van der Waals surface area (Å²) in [5.74, 6) is 1.04. The molecule has 2 aromatic carbocycles. The molecule has 0 aliphatic heterocycles. The summed E-state index contributed by atoms with van der Waals surface area (Å²) in [6, 6.07) is 17.3. The van der Waals surface area contributed by atoms with E-state index >= 15 is 0 Å². The molecule has 1 atom stereocenters. The van der Waals surface area contributed by atoms with E-state index in [1.54, 1.807) is 0 Å². The average Bonchev–Trinajstić information content (AvgIpc) is 3.15. The van der Waals surface area contributed by atoms with Gasteiger partial charge in [-0.3, -0.25) is 4.79 Å². The Balaban J connectivity index is 1.66. The second kappa shape index (κ2) is 8.95. The zero-order valence-electron chi connectivity index (χ0n) is 15.4. The van der Waals surface area contributed by atoms with E-state index in [1.807, 2.05) is 68.4 Å². The third-order valence-electron chi connectivity index (χ3n) is 4.28. The Morgan fingerprint density at radius 2 is 1.81 bits per heavy atom. The largest absolute Gasteiger partial charge is 0.344 e. The number of halogens is 1. The van der Waals surface area contributed by atoms with Crippen molar-refractivity contribution in [1.82, 2.24) is 15.5 Å². The van der Waals surface area contributed by atoms with Crippen molar-refractivity contribution >= 4 is 21.8 Å². The Morgan fingerprint density at radius 3 is 2.48 bits per heavy atom. The first-order valence-electron chi connectivity index (χ1n) is 8.96. The maximum atomic E-state index is 12.4. The molecule has 0 radical (unpaired) electrons. The lowest BCUT2D eigenvalue weighted by Gasteiger charge is -2.18. The van der Waals surface area contributed by atoms with Crippen LogP contribution in [-0.4, -0.2) is 16.0 Å². The van der Waals surface area contributed by atoms with E-state index in [0.29, 0.717) is 24.6 Å². The summed E-state index contributed by atoms with van der Waals surface area (Å²) in [6.07, 6.45) is 1.12. The number of nitrogens with zero attached hydrogens (tertiary/aromatic N) is 2. The predicted molar refractivity (Wildman–Crippen MR) is 108 cm³/mol. The summed E-state index contributed by atoms with van der Waals surface area (Å²) in [5.41, 5.74) is 2.01. The molecule has 1 amide bonds. The highest BCUT2D eigenvalue weighted by Crippen LogP contribution is 2.24. The quantitative estimate of drug-likeness (QED) is 0.579. The molecular weight excluding hydrogens is 406 g/mol. The van der Waals surface area contributed by atoms with Gasteiger partial charge < -0.3 is 9.84 Å². The van der Waals surface area contributed by atoms with Crippen molar-refractivity contribution in [2.24, 2.45) is 5.92 Å². The van der Waals surface area contributed by atoms with Crippen LogP contribution in [0.15, 0.2) is 63.6 Å². The van der Waals surface area contributed by atoms with Gasteiger partial charge in [0, 0.05) is 16.5 Å². The molecule has 5 nitrogen and oxygen atoms in total. The Kier molecular flexibility index (Phi) is 6.40. The number of benzene rings is 2. The summed E-state index contributed by atoms with van der Waals surface area (Å²) in [6.45, 7) is 4.04. The molecule has 6 heteroatoms. The Bertz CT molecular complexity index is 876. The molecule has 0 fully saturated rings. The highest BCUT2D eigenvalue weighted by atomic mass is 79.9. The van der Waals surface area contributed by atoms with E-state index < -0.39 is 0 Å². The normalized spacial score (nSPS) is 12.1. The van der Waals surface area contributed by atoms with Gasteiger partial charge in [0.1, 0.15) is 6.04 Å². The van der Waals surface area contributed by atoms with Crippen molar-refractivity contribution in [3.05, 3.63) is 70.5 Å². The molecule has 1 aromatic heterocycles. The Hall–Kier alpha value is -2.47. The lowest BCUT2D eigenvalue weighted by atomic mass is 10.0. The van der Waals surface area contributed by atoms with Crippen molar-refractivity contribution in [2.45, 2.75) is 32.7 Å². The summed E-state index contributed by atoms with van der Waals surface area (Å²) in [7, 11) is 0. The molecule has 3 rings (SSSR count). The van der Waals surface area contributed by atoms with Crippen LogP contribution in [0.5, 0.6) is 0 Å². The van der Waals surface area contributed by atoms with Crippen molar-refractivity contribution in [3.8, 4) is 11.4 Å². The van der Waals surface area contributed by atoms with E-state index in [1.165, 1.54) is 0 Å². The van der Waals surface area contributed by atoms with Gasteiger partial charge in [0.25, 0.3) is 0 Å². The minimum absolute atomic E-state index is 0.0269. The Morgan fingerprint density at radius 1 is 1.11 bits per heavy atom. The number of nitrogens with one attached hydrogen (secondary N) is 1. The molecule has 0 bridgehead atoms. The molecule has 0 saturated heterocycles. The van der Waals surface area contributed by atoms with Crippen LogP contribution in [0.3, 0.4) is 0 Å². The van der Waals surface area contributed by atoms with Crippen LogP contribution in [0.4, 0.5) is 0 Å². The van der Waals surface area contributed by atoms with E-state index in [2.05, 4.69) is 31.4 Å². The monoisotopic (exact) mass is 427 g/mol. The fraction of sp³-hybridized carbons (Fsp3) is 0.286. The van der Waals surface area contributed by atoms with Gasteiger partial charge in [-0.15, -0.1) is 0 Å². The van der Waals surface area contributed by atoms with Crippen molar-refractivity contribution in [3.63, 3.8) is 0 Å². The minimum Gasteiger partial charge on any atom is -0.344 e. The van der Waals surface area contributed by atoms with Gasteiger partial charge in [-0.05, 0) is 42.2 Å². The van der Waals surface area contributed by atoms with Gasteiger partial charge in [0.2, 0.25) is 17.6 Å². The third kappa shape index (κ3) is 5.26. The van der Waals surface area contributed by atoms with Crippen LogP contribution in [0.25, 0.3) is 11.4 Å². The summed E-state index contributed by atoms with van der Waals surface area (Å²) < 4.78 is 6.44. The smallest absolute Gasteiger partial charge is 0.249 e. The average molecular weight is 428 g/mol. The molecule has 0 aliphatic rings. The number of hydrogen-bond acceptors (Lipinski definition) is 4. The molecule has 140 valence electrons. The summed E-state index contributed by atoms with van der Waals surface area (Å²) in [5, 5.41) is 7.10. The van der Waals surface area contributed by atoms with Crippen molar-refractivity contribution < 1.29 is 9.32 Å². The lowest BCUT2D eigenvalue weighted by molar-refractivity contribution is -0.122. The van der Waals surface area contributed by atoms with Crippen LogP contribution in [-0.2, 0) is 11.2 Å². The Labute approximate surface area is 167 Å². The predicted octanol–water partition coefficient (Wildman–Crippen LogP) is 4.95. The number of rotatable bonds is 7. The molecule has 1 unspecified atom stereocenters. The number of carbonyl (C=O) groups excluding carboxylic acids is 1. The second-order valence-corrected chi connectivity index (χ2v) is 7.65. The molecule has 1 heterocycles. The van der Waals surface area contributed by atoms with Gasteiger partial charge in [-0.2, -0.15) is 4.98 Å². The third-order valence-corrected chi connectivity index (χ3v) is 4.81. The van der Waals surface area contributed by atoms with Gasteiger partial charge in [-0.1, -0.05) is 65.3 Å². The maximum Gasteiger partial charge on any atom is 0.249 e. The first-order chi connectivity index (χ1) is 13.0. The second-order valence-electron chi connectivity index (χ2n) is 6.74. The van der Waals surface area contributed by atoms with Crippen LogP contribution in [0, 0.1) is 5.92 Å². The summed E-state index contributed by atoms with van der Waals surface area (Å²) in [4.78, 5) is 16.9. The topological polar surface area (TPSA) is 68.0 Å². The first kappa shape index (κ1) is 19.3. The van der Waals surface area contributed by atoms with Crippen LogP contribution in [0.2, 0.25) is 0 Å². The van der Waals surface area contributed by atoms with Crippen LogP contribution >= 0.6 is 15.9 Å². The zero-order chi connectivity index (χ0) is 19.2. The number of hydrogen-bond donors (Lipinski definition) is 1. The zero-order valence-corrected chi connectivity index (χ0v) is 16.9. The molecule has 27 heavy (non-hydrogen) atoms. The van der Waals surface area contributed by atoms with Gasteiger partial charge in [-0.25, -0.2) is 0 Å². The molecule has 0 saturated carbocycles. The van der Waals surface area contributed by atoms with Crippen molar-refractivity contribution in [2.75, 3.05) is 0 Å². The first-order valence-corrected chi connectivity index (χ1v) is 9.75. The maximum absolute atomic E-state index is 12.4. The van der Waals surface area contributed by atoms with Gasteiger partial charge in [0.15, 0.2) is 0 Å². The van der Waals surface area contributed by atoms with E-state index in [4.69, 9.17) is 4.52 Å². The molecule has 0 aliphatic carbocycles. The number of carbonyl (C=O) groups is 1. The minimum atomic E-state index is -0.315. The fourth-order valence-corrected chi connectivity index (χ4v) is 3.00. The number of amides is 1. The molecular formula is C21H22BrN3O2. The van der Waals surface area contributed by atoms with E-state index in [-0.39, 0.29) is 17.9 Å². The van der Waals surface area contributed by atoms with E-state index in [0.717, 1.165) is 15.6 Å². The lowest BCUT2D eigenvalue weighted by Crippen LogP contribution is -2.32. The molecule has 1 N–H and O–H groups in total. The standard InChI is InChI=1S/C21H22BrN3O2/c1-14(2)19(23-18(26)13-8-15-6-4-3-5-7-15)21-24-20(25-27-21)16-9-11-17(22)12-10-16/h3-7,9-12,14,19H,8,13H2,1-2H3,(H,23,26). The highest BCUT2D eigenvalue weighted by molar-refractivity contribution is 9.10. The fourth-order valence-electron chi connectivity index (χ4n) is 2.74. The van der Waals surface area contributed by atoms with E-state index in [9.17, 15) is 4.79 Å². The van der Waals surface area contributed by atoms with Gasteiger partial charge in [0.05, 0.1) is 0 Å². The SMILES string of the molecule is CC(C)C(NC(=O)CCc1ccccc1)c1nc(-c2ccc(Br)cc2)no1.